The molecule has 0 N–H and O–H groups in total. The van der Waals surface area contributed by atoms with Crippen LogP contribution in [0, 0.1) is 42.9 Å². The first-order valence-corrected chi connectivity index (χ1v) is 13.1. The van der Waals surface area contributed by atoms with Crippen molar-refractivity contribution in [2.45, 2.75) is 27.4 Å². The van der Waals surface area contributed by atoms with Gasteiger partial charge in [-0.1, -0.05) is 28.1 Å². The quantitative estimate of drug-likeness (QED) is 0.0941. The maximum absolute atomic E-state index is 14.4. The molecule has 1 amide bonds. The second-order valence-corrected chi connectivity index (χ2v) is 10.3. The molecule has 41 heavy (non-hydrogen) atoms. The Balaban J connectivity index is 1.40. The molecule has 0 bridgehead atoms. The second-order valence-electron chi connectivity index (χ2n) is 9.35. The van der Waals surface area contributed by atoms with Crippen molar-refractivity contribution >= 4 is 39.3 Å². The molecule has 0 unspecified atom stereocenters. The molecule has 0 atom stereocenters. The summed E-state index contributed by atoms with van der Waals surface area (Å²) in [6, 6.07) is 17.1. The number of rotatable bonds is 6. The van der Waals surface area contributed by atoms with E-state index in [-0.39, 0.29) is 16.3 Å². The molecule has 1 aliphatic rings. The molecule has 0 aliphatic carbocycles. The molecule has 3 aromatic carbocycles. The minimum Gasteiger partial charge on any atom is -0.489 e. The van der Waals surface area contributed by atoms with Crippen LogP contribution in [0.15, 0.2) is 69.7 Å². The van der Waals surface area contributed by atoms with Crippen LogP contribution in [0.3, 0.4) is 0 Å². The summed E-state index contributed by atoms with van der Waals surface area (Å²) < 4.78 is 78.6. The van der Waals surface area contributed by atoms with Gasteiger partial charge in [0.25, 0.3) is 5.91 Å². The van der Waals surface area contributed by atoms with Crippen LogP contribution < -0.4 is 9.75 Å². The average molecular weight is 630 g/mol. The summed E-state index contributed by atoms with van der Waals surface area (Å²) in [7, 11) is 0. The smallest absolute Gasteiger partial charge is 0.280 e. The Morgan fingerprint density at radius 3 is 2.05 bits per heavy atom. The number of hydrazone groups is 1. The summed E-state index contributed by atoms with van der Waals surface area (Å²) in [5.41, 5.74) is 2.60. The number of aromatic nitrogens is 1. The lowest BCUT2D eigenvalue weighted by Crippen LogP contribution is -2.25. The monoisotopic (exact) mass is 629 g/mol. The number of hydrogen-bond donors (Lipinski definition) is 0. The van der Waals surface area contributed by atoms with Crippen molar-refractivity contribution in [3.63, 3.8) is 0 Å². The molecule has 2 heterocycles. The Morgan fingerprint density at radius 2 is 1.44 bits per heavy atom. The van der Waals surface area contributed by atoms with E-state index >= 15 is 0 Å². The van der Waals surface area contributed by atoms with Crippen LogP contribution in [0.4, 0.5) is 27.6 Å². The van der Waals surface area contributed by atoms with Crippen LogP contribution in [-0.4, -0.2) is 16.2 Å². The minimum atomic E-state index is -2.32. The van der Waals surface area contributed by atoms with Gasteiger partial charge in [-0.3, -0.25) is 4.79 Å². The fraction of sp³-hybridized carbons (Fsp3) is 0.133. The van der Waals surface area contributed by atoms with Crippen LogP contribution in [0.5, 0.6) is 5.75 Å². The number of halogens is 6. The highest BCUT2D eigenvalue weighted by molar-refractivity contribution is 9.10. The maximum Gasteiger partial charge on any atom is 0.280 e. The van der Waals surface area contributed by atoms with Gasteiger partial charge in [0.15, 0.2) is 23.3 Å². The van der Waals surface area contributed by atoms with Crippen molar-refractivity contribution in [3.8, 4) is 11.4 Å². The molecule has 0 fully saturated rings. The van der Waals surface area contributed by atoms with Gasteiger partial charge in [-0.2, -0.15) is 10.1 Å². The molecule has 5 nitrogen and oxygen atoms in total. The first-order chi connectivity index (χ1) is 19.5. The van der Waals surface area contributed by atoms with E-state index < -0.39 is 40.7 Å². The van der Waals surface area contributed by atoms with Gasteiger partial charge in [0.1, 0.15) is 18.0 Å². The first-order valence-electron chi connectivity index (χ1n) is 12.3. The summed E-state index contributed by atoms with van der Waals surface area (Å²) in [6.45, 7) is 5.50. The Kier molecular flexibility index (Phi) is 7.56. The van der Waals surface area contributed by atoms with Crippen LogP contribution in [0.1, 0.15) is 29.4 Å². The highest BCUT2D eigenvalue weighted by atomic mass is 79.9. The van der Waals surface area contributed by atoms with Gasteiger partial charge in [-0.05, 0) is 80.4 Å². The fourth-order valence-corrected chi connectivity index (χ4v) is 4.80. The topological polar surface area (TPSA) is 46.8 Å². The van der Waals surface area contributed by atoms with Gasteiger partial charge in [0, 0.05) is 21.5 Å². The third-order valence-electron chi connectivity index (χ3n) is 6.64. The van der Waals surface area contributed by atoms with E-state index in [2.05, 4.69) is 21.0 Å². The fourth-order valence-electron chi connectivity index (χ4n) is 4.54. The number of ether oxygens (including phenoxy) is 1. The molecule has 0 saturated carbocycles. The lowest BCUT2D eigenvalue weighted by Gasteiger charge is -2.15. The molecule has 0 saturated heterocycles. The summed E-state index contributed by atoms with van der Waals surface area (Å²) in [6.07, 6.45) is 1.47. The molecule has 5 rings (SSSR count). The Hall–Kier alpha value is -4.25. The number of nitrogens with zero attached hydrogens (tertiary/aromatic N) is 3. The zero-order valence-electron chi connectivity index (χ0n) is 21.9. The molecule has 0 spiro atoms. The van der Waals surface area contributed by atoms with Gasteiger partial charge in [-0.25, -0.2) is 22.0 Å². The second kappa shape index (κ2) is 11.0. The minimum absolute atomic E-state index is 0.0501. The molecule has 11 heteroatoms. The van der Waals surface area contributed by atoms with E-state index in [0.29, 0.717) is 17.9 Å². The first kappa shape index (κ1) is 28.3. The van der Waals surface area contributed by atoms with Crippen molar-refractivity contribution < 1.29 is 31.5 Å². The predicted molar refractivity (Wildman–Crippen MR) is 149 cm³/mol. The lowest BCUT2D eigenvalue weighted by atomic mass is 10.1. The van der Waals surface area contributed by atoms with Gasteiger partial charge in [-0.15, -0.1) is 0 Å². The molecule has 1 aromatic heterocycles. The number of aryl methyl sites for hydroxylation is 1. The third kappa shape index (κ3) is 5.17. The third-order valence-corrected chi connectivity index (χ3v) is 7.17. The van der Waals surface area contributed by atoms with Crippen LogP contribution >= 0.6 is 15.9 Å². The van der Waals surface area contributed by atoms with Crippen LogP contribution in [-0.2, 0) is 11.4 Å². The van der Waals surface area contributed by atoms with E-state index in [1.54, 1.807) is 0 Å². The molecular formula is C30H21BrF5N3O2. The number of amides is 1. The zero-order chi connectivity index (χ0) is 29.6. The van der Waals surface area contributed by atoms with E-state index in [4.69, 9.17) is 4.74 Å². The van der Waals surface area contributed by atoms with Crippen molar-refractivity contribution in [2.24, 2.45) is 5.10 Å². The van der Waals surface area contributed by atoms with Gasteiger partial charge in [0.05, 0.1) is 11.3 Å². The Labute approximate surface area is 240 Å². The van der Waals surface area contributed by atoms with E-state index in [9.17, 15) is 26.7 Å². The standard InChI is InChI=1S/C30H21BrF5N3O2/c1-15-12-19(13-23-16(2)37-39(30(23)40)29-27(35)25(33)24(32)26(34)28(29)36)17(3)38(15)21-8-10-22(11-9-21)41-14-18-4-6-20(31)7-5-18/h4-13H,14H2,1-3H3/b23-13-. The van der Waals surface area contributed by atoms with Crippen molar-refractivity contribution in [2.75, 3.05) is 5.01 Å². The van der Waals surface area contributed by atoms with Gasteiger partial charge in [0.2, 0.25) is 5.82 Å². The summed E-state index contributed by atoms with van der Waals surface area (Å²) in [4.78, 5) is 13.1. The average Bonchev–Trinajstić information content (AvgIpc) is 3.39. The lowest BCUT2D eigenvalue weighted by molar-refractivity contribution is -0.114. The van der Waals surface area contributed by atoms with Crippen molar-refractivity contribution in [1.29, 1.82) is 0 Å². The SMILES string of the molecule is CC1=NN(c2c(F)c(F)c(F)c(F)c2F)C(=O)/C1=C\c1cc(C)n(-c2ccc(OCc3ccc(Br)cc3)cc2)c1C. The van der Waals surface area contributed by atoms with Gasteiger partial charge < -0.3 is 9.30 Å². The van der Waals surface area contributed by atoms with Crippen molar-refractivity contribution in [3.05, 3.63) is 116 Å². The Morgan fingerprint density at radius 1 is 0.854 bits per heavy atom. The Bertz CT molecular complexity index is 1720. The number of anilines is 1. The molecule has 1 aliphatic heterocycles. The maximum atomic E-state index is 14.4. The van der Waals surface area contributed by atoms with E-state index in [1.807, 2.05) is 73.0 Å². The summed E-state index contributed by atoms with van der Waals surface area (Å²) in [5.74, 6) is -11.3. The molecule has 0 radical (unpaired) electrons. The number of hydrogen-bond acceptors (Lipinski definition) is 3. The summed E-state index contributed by atoms with van der Waals surface area (Å²) in [5, 5.41) is 3.99. The highest BCUT2D eigenvalue weighted by Crippen LogP contribution is 2.34. The number of benzene rings is 3. The van der Waals surface area contributed by atoms with E-state index in [0.717, 1.165) is 27.1 Å². The molecule has 4 aromatic rings. The van der Waals surface area contributed by atoms with E-state index in [1.165, 1.54) is 13.0 Å². The predicted octanol–water partition coefficient (Wildman–Crippen LogP) is 7.94. The highest BCUT2D eigenvalue weighted by Gasteiger charge is 2.37. The normalized spacial score (nSPS) is 14.3. The molecule has 210 valence electrons. The largest absolute Gasteiger partial charge is 0.489 e. The number of carbonyl (C=O) groups excluding carboxylic acids is 1. The van der Waals surface area contributed by atoms with Crippen LogP contribution in [0.25, 0.3) is 11.8 Å². The van der Waals surface area contributed by atoms with Crippen LogP contribution in [0.2, 0.25) is 0 Å². The van der Waals surface area contributed by atoms with Crippen molar-refractivity contribution in [1.82, 2.24) is 4.57 Å². The zero-order valence-corrected chi connectivity index (χ0v) is 23.5. The molecular weight excluding hydrogens is 609 g/mol. The number of carbonyl (C=O) groups is 1. The summed E-state index contributed by atoms with van der Waals surface area (Å²) >= 11 is 3.40. The van der Waals surface area contributed by atoms with Gasteiger partial charge >= 0.3 is 0 Å².